The zero-order valence-corrected chi connectivity index (χ0v) is 29.8. The van der Waals surface area contributed by atoms with E-state index in [1.165, 1.54) is 4.90 Å². The summed E-state index contributed by atoms with van der Waals surface area (Å²) in [6, 6.07) is 22.8. The zero-order chi connectivity index (χ0) is 35.6. The Morgan fingerprint density at radius 1 is 0.860 bits per heavy atom. The van der Waals surface area contributed by atoms with Crippen molar-refractivity contribution in [3.63, 3.8) is 0 Å². The molecule has 0 fully saturated rings. The number of nitrogens with one attached hydrogen (secondary N) is 1. The van der Waals surface area contributed by atoms with Gasteiger partial charge in [-0.3, -0.25) is 14.4 Å². The molecule has 0 bridgehead atoms. The summed E-state index contributed by atoms with van der Waals surface area (Å²) in [4.78, 5) is 41.7. The lowest BCUT2D eigenvalue weighted by Gasteiger charge is -2.23. The molecule has 0 atom stereocenters. The van der Waals surface area contributed by atoms with Crippen LogP contribution >= 0.6 is 0 Å². The average Bonchev–Trinajstić information content (AvgIpc) is 3.62. The highest BCUT2D eigenvalue weighted by Gasteiger charge is 2.23. The Bertz CT molecular complexity index is 1870. The Morgan fingerprint density at radius 2 is 1.58 bits per heavy atom. The van der Waals surface area contributed by atoms with Gasteiger partial charge in [-0.1, -0.05) is 55.8 Å². The van der Waals surface area contributed by atoms with E-state index in [4.69, 9.17) is 9.72 Å². The Kier molecular flexibility index (Phi) is 11.9. The second kappa shape index (κ2) is 16.7. The highest BCUT2D eigenvalue weighted by atomic mass is 16.6. The van der Waals surface area contributed by atoms with Gasteiger partial charge in [0.05, 0.1) is 13.1 Å². The Hall–Kier alpha value is -5.55. The first-order valence-electron chi connectivity index (χ1n) is 16.9. The number of aryl methyl sites for hydroxylation is 3. The predicted molar refractivity (Wildman–Crippen MR) is 197 cm³/mol. The van der Waals surface area contributed by atoms with Crippen molar-refractivity contribution in [1.82, 2.24) is 29.5 Å². The van der Waals surface area contributed by atoms with E-state index in [1.54, 1.807) is 35.5 Å². The van der Waals surface area contributed by atoms with Crippen molar-refractivity contribution in [3.8, 4) is 5.75 Å². The van der Waals surface area contributed by atoms with Gasteiger partial charge in [-0.2, -0.15) is 10.1 Å². The molecule has 1 N–H and O–H groups in total. The van der Waals surface area contributed by atoms with Crippen molar-refractivity contribution in [3.05, 3.63) is 125 Å². The summed E-state index contributed by atoms with van der Waals surface area (Å²) in [6.45, 7) is 14.3. The minimum atomic E-state index is -0.560. The lowest BCUT2D eigenvalue weighted by atomic mass is 10.1. The summed E-state index contributed by atoms with van der Waals surface area (Å²) in [5.41, 5.74) is 6.09. The van der Waals surface area contributed by atoms with E-state index < -0.39 is 6.09 Å². The molecule has 0 aliphatic rings. The van der Waals surface area contributed by atoms with Gasteiger partial charge in [0, 0.05) is 50.0 Å². The van der Waals surface area contributed by atoms with Gasteiger partial charge in [0.25, 0.3) is 5.91 Å². The number of ether oxygens (including phenoxy) is 1. The molecule has 2 aromatic heterocycles. The zero-order valence-electron chi connectivity index (χ0n) is 29.8. The Morgan fingerprint density at radius 3 is 2.26 bits per heavy atom. The van der Waals surface area contributed by atoms with Gasteiger partial charge in [-0.15, -0.1) is 0 Å². The van der Waals surface area contributed by atoms with Crippen LogP contribution in [0.5, 0.6) is 5.75 Å². The van der Waals surface area contributed by atoms with Gasteiger partial charge in [0.1, 0.15) is 11.6 Å². The summed E-state index contributed by atoms with van der Waals surface area (Å²) in [6.07, 6.45) is 4.70. The van der Waals surface area contributed by atoms with Crippen molar-refractivity contribution in [1.29, 1.82) is 0 Å². The molecule has 0 radical (unpaired) electrons. The van der Waals surface area contributed by atoms with Crippen LogP contribution in [0.25, 0.3) is 0 Å². The van der Waals surface area contributed by atoms with E-state index in [0.717, 1.165) is 47.5 Å². The third-order valence-electron chi connectivity index (χ3n) is 8.55. The first kappa shape index (κ1) is 35.7. The van der Waals surface area contributed by atoms with Crippen LogP contribution in [0.15, 0.2) is 91.4 Å². The number of carbonyl (C=O) groups is 2. The van der Waals surface area contributed by atoms with Crippen molar-refractivity contribution >= 4 is 29.5 Å². The minimum absolute atomic E-state index is 0.0381. The maximum atomic E-state index is 14.0. The third kappa shape index (κ3) is 9.32. The van der Waals surface area contributed by atoms with E-state index in [0.29, 0.717) is 41.9 Å². The normalized spacial score (nSPS) is 11.0. The van der Waals surface area contributed by atoms with Crippen molar-refractivity contribution in [2.24, 2.45) is 0 Å². The molecule has 0 aliphatic carbocycles. The van der Waals surface area contributed by atoms with E-state index in [2.05, 4.69) is 40.2 Å². The summed E-state index contributed by atoms with van der Waals surface area (Å²) in [5, 5.41) is 7.54. The van der Waals surface area contributed by atoms with Gasteiger partial charge in [-0.25, -0.2) is 9.78 Å². The van der Waals surface area contributed by atoms with Crippen LogP contribution in [0.2, 0.25) is 0 Å². The quantitative estimate of drug-likeness (QED) is 0.134. The first-order valence-corrected chi connectivity index (χ1v) is 16.9. The number of carbonyl (C=O) groups excluding carboxylic acids is 2. The number of amides is 2. The maximum absolute atomic E-state index is 14.0. The molecule has 0 spiro atoms. The highest BCUT2D eigenvalue weighted by molar-refractivity contribution is 5.94. The number of nitrogens with zero attached hydrogens (tertiary/aromatic N) is 7. The molecule has 0 saturated carbocycles. The SMILES string of the molecule is CCN(CC)CCN(C)C(=O)c1ccc(Nc2nccc(N(Cc3cccc(Cn4cccn4)c3)C(=O)Oc3c(C)cc(C)cc3C)n2)cc1. The van der Waals surface area contributed by atoms with Crippen LogP contribution in [0, 0.1) is 20.8 Å². The summed E-state index contributed by atoms with van der Waals surface area (Å²) in [5.74, 6) is 1.16. The Labute approximate surface area is 294 Å². The molecule has 0 saturated heterocycles. The van der Waals surface area contributed by atoms with E-state index >= 15 is 0 Å². The van der Waals surface area contributed by atoms with Gasteiger partial charge in [0.2, 0.25) is 5.95 Å². The molecule has 11 nitrogen and oxygen atoms in total. The number of hydrogen-bond acceptors (Lipinski definition) is 8. The summed E-state index contributed by atoms with van der Waals surface area (Å²) < 4.78 is 7.90. The molecular formula is C39H46N8O3. The third-order valence-corrected chi connectivity index (χ3v) is 8.55. The smallest absolute Gasteiger partial charge is 0.409 e. The predicted octanol–water partition coefficient (Wildman–Crippen LogP) is 7.01. The van der Waals surface area contributed by atoms with Gasteiger partial charge < -0.3 is 19.9 Å². The highest BCUT2D eigenvalue weighted by Crippen LogP contribution is 2.27. The minimum Gasteiger partial charge on any atom is -0.409 e. The number of rotatable bonds is 14. The standard InChI is InChI=1S/C39H46N8O3/c1-7-45(8-2)22-21-44(6)37(48)33-13-15-34(16-14-33)42-38-40-19-17-35(43-38)47(39(49)50-36-29(4)23-28(3)24-30(36)5)27-32-12-9-11-31(25-32)26-46-20-10-18-41-46/h9-20,23-25H,7-8,21-22,26-27H2,1-6H3,(H,40,42,43). The van der Waals surface area contributed by atoms with Gasteiger partial charge >= 0.3 is 6.09 Å². The molecule has 5 rings (SSSR count). The van der Waals surface area contributed by atoms with Crippen molar-refractivity contribution < 1.29 is 14.3 Å². The van der Waals surface area contributed by atoms with Crippen molar-refractivity contribution in [2.75, 3.05) is 43.4 Å². The molecule has 5 aromatic rings. The molecule has 50 heavy (non-hydrogen) atoms. The molecular weight excluding hydrogens is 628 g/mol. The lowest BCUT2D eigenvalue weighted by molar-refractivity contribution is 0.0779. The topological polar surface area (TPSA) is 109 Å². The number of hydrogen-bond donors (Lipinski definition) is 1. The number of aromatic nitrogens is 4. The summed E-state index contributed by atoms with van der Waals surface area (Å²) in [7, 11) is 1.82. The van der Waals surface area contributed by atoms with E-state index in [9.17, 15) is 9.59 Å². The van der Waals surface area contributed by atoms with Crippen molar-refractivity contribution in [2.45, 2.75) is 47.7 Å². The fourth-order valence-electron chi connectivity index (χ4n) is 5.84. The number of anilines is 3. The monoisotopic (exact) mass is 674 g/mol. The number of likely N-dealkylation sites (N-methyl/N-ethyl adjacent to an activating group) is 2. The molecule has 2 amide bonds. The van der Waals surface area contributed by atoms with Gasteiger partial charge in [0.15, 0.2) is 0 Å². The summed E-state index contributed by atoms with van der Waals surface area (Å²) >= 11 is 0. The molecule has 2 heterocycles. The number of benzene rings is 3. The lowest BCUT2D eigenvalue weighted by Crippen LogP contribution is -2.36. The maximum Gasteiger partial charge on any atom is 0.421 e. The van der Waals surface area contributed by atoms with Crippen LogP contribution < -0.4 is 15.0 Å². The van der Waals surface area contributed by atoms with Crippen LogP contribution in [0.1, 0.15) is 52.0 Å². The molecule has 260 valence electrons. The largest absolute Gasteiger partial charge is 0.421 e. The second-order valence-corrected chi connectivity index (χ2v) is 12.4. The molecule has 3 aromatic carbocycles. The fourth-order valence-corrected chi connectivity index (χ4v) is 5.84. The van der Waals surface area contributed by atoms with E-state index in [1.807, 2.05) is 87.2 Å². The van der Waals surface area contributed by atoms with Crippen LogP contribution in [-0.4, -0.2) is 74.8 Å². The van der Waals surface area contributed by atoms with Crippen LogP contribution in [0.3, 0.4) is 0 Å². The Balaban J connectivity index is 1.36. The second-order valence-electron chi connectivity index (χ2n) is 12.4. The fraction of sp³-hybridized carbons (Fsp3) is 0.308. The van der Waals surface area contributed by atoms with Crippen LogP contribution in [-0.2, 0) is 13.1 Å². The van der Waals surface area contributed by atoms with Crippen LogP contribution in [0.4, 0.5) is 22.2 Å². The van der Waals surface area contributed by atoms with E-state index in [-0.39, 0.29) is 12.5 Å². The van der Waals surface area contributed by atoms with Gasteiger partial charge in [-0.05, 0) is 92.5 Å². The molecule has 0 aliphatic heterocycles. The average molecular weight is 675 g/mol. The molecule has 11 heteroatoms. The molecule has 0 unspecified atom stereocenters. The first-order chi connectivity index (χ1) is 24.1.